The highest BCUT2D eigenvalue weighted by molar-refractivity contribution is 5.90. The van der Waals surface area contributed by atoms with Gasteiger partial charge in [-0.1, -0.05) is 30.3 Å². The molecule has 132 valence electrons. The Labute approximate surface area is 152 Å². The first-order chi connectivity index (χ1) is 12.6. The number of rotatable bonds is 3. The number of hydrogen-bond donors (Lipinski definition) is 1. The lowest BCUT2D eigenvalue weighted by atomic mass is 9.98. The van der Waals surface area contributed by atoms with Crippen molar-refractivity contribution in [2.24, 2.45) is 4.99 Å². The Balaban J connectivity index is 1.87. The first-order valence-corrected chi connectivity index (χ1v) is 8.64. The summed E-state index contributed by atoms with van der Waals surface area (Å²) in [5.41, 5.74) is 4.89. The fraction of sp³-hybridized carbons (Fsp3) is 0.238. The minimum Gasteiger partial charge on any atom is -0.508 e. The van der Waals surface area contributed by atoms with Gasteiger partial charge in [0.25, 0.3) is 0 Å². The van der Waals surface area contributed by atoms with Crippen molar-refractivity contribution in [3.05, 3.63) is 59.8 Å². The summed E-state index contributed by atoms with van der Waals surface area (Å²) >= 11 is 0. The molecule has 5 nitrogen and oxygen atoms in total. The lowest BCUT2D eigenvalue weighted by Gasteiger charge is -2.24. The fourth-order valence-corrected chi connectivity index (χ4v) is 3.56. The molecule has 0 aliphatic carbocycles. The predicted octanol–water partition coefficient (Wildman–Crippen LogP) is 4.66. The van der Waals surface area contributed by atoms with Gasteiger partial charge in [-0.3, -0.25) is 0 Å². The second-order valence-electron chi connectivity index (χ2n) is 6.58. The van der Waals surface area contributed by atoms with Crippen LogP contribution < -0.4 is 4.74 Å². The zero-order valence-electron chi connectivity index (χ0n) is 15.1. The number of phenols is 1. The first-order valence-electron chi connectivity index (χ1n) is 8.64. The van der Waals surface area contributed by atoms with Crippen LogP contribution in [0, 0.1) is 6.92 Å². The van der Waals surface area contributed by atoms with E-state index in [0.29, 0.717) is 0 Å². The zero-order chi connectivity index (χ0) is 18.3. The zero-order valence-corrected chi connectivity index (χ0v) is 15.1. The number of methoxy groups -OCH3 is 1. The Bertz CT molecular complexity index is 987. The summed E-state index contributed by atoms with van der Waals surface area (Å²) in [7, 11) is 1.66. The lowest BCUT2D eigenvalue weighted by molar-refractivity contribution is 0.415. The normalized spacial score (nSPS) is 16.1. The average Bonchev–Trinajstić information content (AvgIpc) is 2.97. The van der Waals surface area contributed by atoms with Crippen molar-refractivity contribution in [2.45, 2.75) is 26.3 Å². The molecule has 1 atom stereocenters. The molecule has 1 N–H and O–H groups in total. The number of aliphatic imine (C=N–C) groups is 1. The molecule has 0 saturated carbocycles. The van der Waals surface area contributed by atoms with Crippen LogP contribution in [0.3, 0.4) is 0 Å². The van der Waals surface area contributed by atoms with Gasteiger partial charge in [0.15, 0.2) is 5.82 Å². The smallest absolute Gasteiger partial charge is 0.159 e. The molecule has 0 spiro atoms. The molecule has 0 amide bonds. The molecule has 1 aliphatic rings. The van der Waals surface area contributed by atoms with Gasteiger partial charge >= 0.3 is 0 Å². The summed E-state index contributed by atoms with van der Waals surface area (Å²) in [4.78, 5) is 4.80. The molecular formula is C21H21N3O2. The van der Waals surface area contributed by atoms with Crippen LogP contribution in [-0.4, -0.2) is 27.7 Å². The third kappa shape index (κ3) is 2.65. The van der Waals surface area contributed by atoms with Crippen molar-refractivity contribution in [3.8, 4) is 22.6 Å². The van der Waals surface area contributed by atoms with Gasteiger partial charge in [0.1, 0.15) is 11.5 Å². The van der Waals surface area contributed by atoms with Crippen LogP contribution in [0.2, 0.25) is 0 Å². The molecule has 2 aromatic carbocycles. The summed E-state index contributed by atoms with van der Waals surface area (Å²) in [6, 6.07) is 15.3. The number of phenolic OH excluding ortho intramolecular Hbond substituents is 1. The van der Waals surface area contributed by atoms with Crippen LogP contribution in [0.1, 0.15) is 30.6 Å². The molecule has 0 fully saturated rings. The van der Waals surface area contributed by atoms with Gasteiger partial charge < -0.3 is 9.84 Å². The highest BCUT2D eigenvalue weighted by Gasteiger charge is 2.29. The first kappa shape index (κ1) is 16.4. The van der Waals surface area contributed by atoms with E-state index >= 15 is 0 Å². The van der Waals surface area contributed by atoms with Crippen molar-refractivity contribution >= 4 is 11.5 Å². The van der Waals surface area contributed by atoms with Gasteiger partial charge in [0.05, 0.1) is 18.8 Å². The Morgan fingerprint density at radius 3 is 2.50 bits per heavy atom. The van der Waals surface area contributed by atoms with Crippen molar-refractivity contribution < 1.29 is 9.84 Å². The van der Waals surface area contributed by atoms with E-state index in [-0.39, 0.29) is 11.8 Å². The number of ether oxygens (including phenoxy) is 1. The minimum atomic E-state index is -0.0607. The summed E-state index contributed by atoms with van der Waals surface area (Å²) in [6.45, 7) is 4.02. The molecule has 1 unspecified atom stereocenters. The number of hydrogen-bond acceptors (Lipinski definition) is 4. The van der Waals surface area contributed by atoms with Crippen molar-refractivity contribution in [1.82, 2.24) is 9.78 Å². The minimum absolute atomic E-state index is 0.0607. The Morgan fingerprint density at radius 2 is 1.81 bits per heavy atom. The molecular weight excluding hydrogens is 326 g/mol. The topological polar surface area (TPSA) is 59.6 Å². The second-order valence-corrected chi connectivity index (χ2v) is 6.58. The number of aryl methyl sites for hydroxylation is 1. The largest absolute Gasteiger partial charge is 0.508 e. The van der Waals surface area contributed by atoms with Crippen molar-refractivity contribution in [3.63, 3.8) is 0 Å². The Hall–Kier alpha value is -3.08. The van der Waals surface area contributed by atoms with Crippen molar-refractivity contribution in [1.29, 1.82) is 0 Å². The number of nitrogens with zero attached hydrogens (tertiary/aromatic N) is 3. The molecule has 5 heteroatoms. The van der Waals surface area contributed by atoms with Gasteiger partial charge in [0, 0.05) is 23.3 Å². The molecule has 1 aliphatic heterocycles. The van der Waals surface area contributed by atoms with Crippen LogP contribution in [0.5, 0.6) is 11.5 Å². The molecule has 3 aromatic rings. The Morgan fingerprint density at radius 1 is 1.08 bits per heavy atom. The quantitative estimate of drug-likeness (QED) is 0.750. The molecule has 0 radical (unpaired) electrons. The van der Waals surface area contributed by atoms with Crippen LogP contribution in [0.4, 0.5) is 5.82 Å². The maximum atomic E-state index is 10.3. The number of fused-ring (bicyclic) bond motifs is 1. The number of para-hydroxylation sites is 1. The summed E-state index contributed by atoms with van der Waals surface area (Å²) in [5.74, 6) is 1.95. The van der Waals surface area contributed by atoms with Gasteiger partial charge in [-0.15, -0.1) is 0 Å². The highest BCUT2D eigenvalue weighted by atomic mass is 16.5. The maximum Gasteiger partial charge on any atom is 0.159 e. The second kappa shape index (κ2) is 6.33. The van der Waals surface area contributed by atoms with E-state index in [1.807, 2.05) is 61.0 Å². The predicted molar refractivity (Wildman–Crippen MR) is 103 cm³/mol. The van der Waals surface area contributed by atoms with Crippen molar-refractivity contribution in [2.75, 3.05) is 7.11 Å². The SMILES string of the molecule is COc1ccc(-c2c(C)nn3c2N=C(C)CC3c2ccccc2O)cc1. The summed E-state index contributed by atoms with van der Waals surface area (Å²) < 4.78 is 7.20. The summed E-state index contributed by atoms with van der Waals surface area (Å²) in [5, 5.41) is 15.1. The van der Waals surface area contributed by atoms with Gasteiger partial charge in [-0.25, -0.2) is 9.67 Å². The van der Waals surface area contributed by atoms with Gasteiger partial charge in [-0.05, 0) is 37.6 Å². The molecule has 0 saturated heterocycles. The monoisotopic (exact) mass is 347 g/mol. The van der Waals surface area contributed by atoms with E-state index in [9.17, 15) is 5.11 Å². The van der Waals surface area contributed by atoms with E-state index in [1.54, 1.807) is 13.2 Å². The van der Waals surface area contributed by atoms with Crippen LogP contribution in [0.15, 0.2) is 53.5 Å². The van der Waals surface area contributed by atoms with E-state index in [2.05, 4.69) is 0 Å². The maximum absolute atomic E-state index is 10.3. The number of benzene rings is 2. The molecule has 0 bridgehead atoms. The average molecular weight is 347 g/mol. The van der Waals surface area contributed by atoms with Crippen LogP contribution in [0.25, 0.3) is 11.1 Å². The molecule has 1 aromatic heterocycles. The van der Waals surface area contributed by atoms with E-state index < -0.39 is 0 Å². The van der Waals surface area contributed by atoms with E-state index in [0.717, 1.165) is 46.1 Å². The number of aromatic nitrogens is 2. The highest BCUT2D eigenvalue weighted by Crippen LogP contribution is 2.42. The molecule has 26 heavy (non-hydrogen) atoms. The molecule has 4 rings (SSSR count). The van der Waals surface area contributed by atoms with E-state index in [4.69, 9.17) is 14.8 Å². The molecule has 2 heterocycles. The summed E-state index contributed by atoms with van der Waals surface area (Å²) in [6.07, 6.45) is 0.730. The van der Waals surface area contributed by atoms with Gasteiger partial charge in [0.2, 0.25) is 0 Å². The number of aromatic hydroxyl groups is 1. The third-order valence-corrected chi connectivity index (χ3v) is 4.82. The van der Waals surface area contributed by atoms with Crippen LogP contribution >= 0.6 is 0 Å². The Kier molecular flexibility index (Phi) is 3.99. The van der Waals surface area contributed by atoms with Crippen LogP contribution in [-0.2, 0) is 0 Å². The fourth-order valence-electron chi connectivity index (χ4n) is 3.56. The third-order valence-electron chi connectivity index (χ3n) is 4.82. The van der Waals surface area contributed by atoms with Gasteiger partial charge in [-0.2, -0.15) is 5.10 Å². The lowest BCUT2D eigenvalue weighted by Crippen LogP contribution is -2.19. The van der Waals surface area contributed by atoms with E-state index in [1.165, 1.54) is 0 Å². The standard InChI is InChI=1S/C21H21N3O2/c1-13-12-18(17-6-4-5-7-19(17)25)24-21(22-13)20(14(2)23-24)15-8-10-16(26-3)11-9-15/h4-11,18,25H,12H2,1-3H3.